The molecule has 2 heterocycles. The van der Waals surface area contributed by atoms with Crippen LogP contribution < -0.4 is 5.32 Å². The number of rotatable bonds is 3. The van der Waals surface area contributed by atoms with Gasteiger partial charge < -0.3 is 15.3 Å². The Morgan fingerprint density at radius 2 is 2.05 bits per heavy atom. The van der Waals surface area contributed by atoms with Crippen molar-refractivity contribution in [3.8, 4) is 0 Å². The minimum atomic E-state index is -1.08. The number of nitrogens with zero attached hydrogens (tertiary/aromatic N) is 2. The third kappa shape index (κ3) is 3.77. The highest BCUT2D eigenvalue weighted by molar-refractivity contribution is 7.85. The number of pyridine rings is 1. The van der Waals surface area contributed by atoms with Crippen molar-refractivity contribution in [1.29, 1.82) is 0 Å². The van der Waals surface area contributed by atoms with E-state index >= 15 is 0 Å². The van der Waals surface area contributed by atoms with Crippen molar-refractivity contribution in [3.05, 3.63) is 29.6 Å². The molecule has 0 saturated carbocycles. The SMILES string of the molecule is O=C(O)c1ccc(CNC(=O)N2CCS(=O)CC2)cn1. The largest absolute Gasteiger partial charge is 0.477 e. The van der Waals surface area contributed by atoms with Crippen molar-refractivity contribution in [3.63, 3.8) is 0 Å². The van der Waals surface area contributed by atoms with Crippen molar-refractivity contribution >= 4 is 22.8 Å². The molecule has 0 unspecified atom stereocenters. The number of carboxylic acids is 1. The second-order valence-electron chi connectivity index (χ2n) is 4.35. The summed E-state index contributed by atoms with van der Waals surface area (Å²) in [5, 5.41) is 11.5. The van der Waals surface area contributed by atoms with Crippen LogP contribution in [0.25, 0.3) is 0 Å². The summed E-state index contributed by atoms with van der Waals surface area (Å²) in [5.74, 6) is -0.0493. The van der Waals surface area contributed by atoms with Gasteiger partial charge in [0.25, 0.3) is 0 Å². The van der Waals surface area contributed by atoms with E-state index in [4.69, 9.17) is 5.11 Å². The van der Waals surface area contributed by atoms with Crippen LogP contribution in [0.1, 0.15) is 16.1 Å². The Morgan fingerprint density at radius 3 is 2.60 bits per heavy atom. The Kier molecular flexibility index (Phi) is 4.67. The van der Waals surface area contributed by atoms with Crippen LogP contribution in [0.15, 0.2) is 18.3 Å². The van der Waals surface area contributed by atoms with Gasteiger partial charge in [0, 0.05) is 48.1 Å². The van der Waals surface area contributed by atoms with Crippen LogP contribution in [0.5, 0.6) is 0 Å². The molecule has 1 fully saturated rings. The van der Waals surface area contributed by atoms with Gasteiger partial charge in [0.2, 0.25) is 0 Å². The Balaban J connectivity index is 1.84. The van der Waals surface area contributed by atoms with Crippen LogP contribution in [-0.2, 0) is 17.3 Å². The molecule has 1 aliphatic rings. The highest BCUT2D eigenvalue weighted by Gasteiger charge is 2.19. The lowest BCUT2D eigenvalue weighted by molar-refractivity contribution is 0.0690. The zero-order valence-electron chi connectivity index (χ0n) is 10.7. The van der Waals surface area contributed by atoms with E-state index in [0.29, 0.717) is 24.6 Å². The molecule has 0 aliphatic carbocycles. The third-order valence-electron chi connectivity index (χ3n) is 2.95. The van der Waals surface area contributed by atoms with E-state index in [1.54, 1.807) is 11.0 Å². The molecule has 1 aromatic rings. The van der Waals surface area contributed by atoms with Crippen LogP contribution in [0.3, 0.4) is 0 Å². The molecule has 108 valence electrons. The molecule has 2 rings (SSSR count). The van der Waals surface area contributed by atoms with Gasteiger partial charge in [-0.25, -0.2) is 14.6 Å². The summed E-state index contributed by atoms with van der Waals surface area (Å²) >= 11 is 0. The number of hydrogen-bond donors (Lipinski definition) is 2. The van der Waals surface area contributed by atoms with Gasteiger partial charge in [-0.1, -0.05) is 6.07 Å². The molecule has 0 atom stereocenters. The lowest BCUT2D eigenvalue weighted by atomic mass is 10.2. The number of carbonyl (C=O) groups is 2. The molecule has 1 saturated heterocycles. The number of amides is 2. The summed E-state index contributed by atoms with van der Waals surface area (Å²) in [6.45, 7) is 1.27. The first-order valence-electron chi connectivity index (χ1n) is 6.12. The maximum Gasteiger partial charge on any atom is 0.354 e. The van der Waals surface area contributed by atoms with Crippen LogP contribution in [-0.4, -0.2) is 55.8 Å². The van der Waals surface area contributed by atoms with Crippen molar-refractivity contribution in [2.45, 2.75) is 6.54 Å². The molecular weight excluding hydrogens is 282 g/mol. The molecule has 0 bridgehead atoms. The predicted octanol–water partition coefficient (Wildman–Crippen LogP) is 0.0537. The van der Waals surface area contributed by atoms with E-state index in [-0.39, 0.29) is 18.3 Å². The first-order valence-corrected chi connectivity index (χ1v) is 7.61. The smallest absolute Gasteiger partial charge is 0.354 e. The number of hydrogen-bond acceptors (Lipinski definition) is 4. The molecule has 2 amide bonds. The fraction of sp³-hybridized carbons (Fsp3) is 0.417. The molecule has 2 N–H and O–H groups in total. The fourth-order valence-electron chi connectivity index (χ4n) is 1.79. The maximum atomic E-state index is 11.9. The van der Waals surface area contributed by atoms with Gasteiger partial charge in [-0.15, -0.1) is 0 Å². The van der Waals surface area contributed by atoms with E-state index in [9.17, 15) is 13.8 Å². The topological polar surface area (TPSA) is 99.6 Å². The molecule has 1 aromatic heterocycles. The van der Waals surface area contributed by atoms with E-state index < -0.39 is 16.8 Å². The summed E-state index contributed by atoms with van der Waals surface area (Å²) in [6, 6.07) is 2.81. The lowest BCUT2D eigenvalue weighted by Crippen LogP contribution is -2.46. The van der Waals surface area contributed by atoms with Crippen LogP contribution in [0, 0.1) is 0 Å². The average Bonchev–Trinajstić information content (AvgIpc) is 2.46. The average molecular weight is 297 g/mol. The number of urea groups is 1. The molecule has 1 aliphatic heterocycles. The van der Waals surface area contributed by atoms with Gasteiger partial charge in [0.15, 0.2) is 0 Å². The number of aromatic carboxylic acids is 1. The van der Waals surface area contributed by atoms with Crippen molar-refractivity contribution in [2.75, 3.05) is 24.6 Å². The zero-order valence-corrected chi connectivity index (χ0v) is 11.6. The van der Waals surface area contributed by atoms with Crippen molar-refractivity contribution in [1.82, 2.24) is 15.2 Å². The first kappa shape index (κ1) is 14.4. The highest BCUT2D eigenvalue weighted by atomic mass is 32.2. The molecule has 8 heteroatoms. The van der Waals surface area contributed by atoms with E-state index in [1.165, 1.54) is 12.3 Å². The monoisotopic (exact) mass is 297 g/mol. The molecule has 20 heavy (non-hydrogen) atoms. The normalized spacial score (nSPS) is 15.9. The minimum Gasteiger partial charge on any atom is -0.477 e. The standard InChI is InChI=1S/C12H15N3O4S/c16-11(17)10-2-1-9(7-13-10)8-14-12(18)15-3-5-20(19)6-4-15/h1-2,7H,3-6,8H2,(H,14,18)(H,16,17). The minimum absolute atomic E-state index is 0.0291. The van der Waals surface area contributed by atoms with Gasteiger partial charge in [-0.3, -0.25) is 4.21 Å². The summed E-state index contributed by atoms with van der Waals surface area (Å²) in [4.78, 5) is 27.9. The lowest BCUT2D eigenvalue weighted by Gasteiger charge is -2.26. The van der Waals surface area contributed by atoms with Gasteiger partial charge in [0.05, 0.1) is 0 Å². The van der Waals surface area contributed by atoms with Gasteiger partial charge >= 0.3 is 12.0 Å². The van der Waals surface area contributed by atoms with Crippen molar-refractivity contribution in [2.24, 2.45) is 0 Å². The van der Waals surface area contributed by atoms with E-state index in [2.05, 4.69) is 10.3 Å². The summed E-state index contributed by atoms with van der Waals surface area (Å²) in [7, 11) is -0.812. The van der Waals surface area contributed by atoms with Crippen LogP contribution in [0.2, 0.25) is 0 Å². The molecule has 0 spiro atoms. The van der Waals surface area contributed by atoms with Gasteiger partial charge in [-0.2, -0.15) is 0 Å². The van der Waals surface area contributed by atoms with Gasteiger partial charge in [0.1, 0.15) is 5.69 Å². The van der Waals surface area contributed by atoms with Crippen LogP contribution in [0.4, 0.5) is 4.79 Å². The van der Waals surface area contributed by atoms with Crippen molar-refractivity contribution < 1.29 is 18.9 Å². The number of nitrogens with one attached hydrogen (secondary N) is 1. The first-order chi connectivity index (χ1) is 9.56. The third-order valence-corrected chi connectivity index (χ3v) is 4.23. The molecule has 0 aromatic carbocycles. The second-order valence-corrected chi connectivity index (χ2v) is 6.05. The number of carboxylic acid groups (broad SMARTS) is 1. The van der Waals surface area contributed by atoms with Gasteiger partial charge in [-0.05, 0) is 11.6 Å². The zero-order chi connectivity index (χ0) is 14.5. The fourth-order valence-corrected chi connectivity index (χ4v) is 2.84. The number of carbonyl (C=O) groups excluding carboxylic acids is 1. The Labute approximate surface area is 118 Å². The highest BCUT2D eigenvalue weighted by Crippen LogP contribution is 2.03. The number of aromatic nitrogens is 1. The Morgan fingerprint density at radius 1 is 1.35 bits per heavy atom. The molecular formula is C12H15N3O4S. The van der Waals surface area contributed by atoms with E-state index in [0.717, 1.165) is 5.56 Å². The molecule has 7 nitrogen and oxygen atoms in total. The molecule has 0 radical (unpaired) electrons. The second kappa shape index (κ2) is 6.47. The van der Waals surface area contributed by atoms with E-state index in [1.807, 2.05) is 0 Å². The van der Waals surface area contributed by atoms with Crippen LogP contribution >= 0.6 is 0 Å². The summed E-state index contributed by atoms with van der Waals surface area (Å²) in [5.41, 5.74) is 0.697. The summed E-state index contributed by atoms with van der Waals surface area (Å²) in [6.07, 6.45) is 1.43. The Bertz CT molecular complexity index is 522. The quantitative estimate of drug-likeness (QED) is 0.821. The maximum absolute atomic E-state index is 11.9. The predicted molar refractivity (Wildman–Crippen MR) is 72.9 cm³/mol. The Hall–Kier alpha value is -1.96. The summed E-state index contributed by atoms with van der Waals surface area (Å²) < 4.78 is 11.2.